The molecule has 0 bridgehead atoms. The zero-order chi connectivity index (χ0) is 14.4. The van der Waals surface area contributed by atoms with Crippen molar-refractivity contribution in [3.8, 4) is 0 Å². The molecular formula is C11H22N2O4S. The molecule has 18 heavy (non-hydrogen) atoms. The van der Waals surface area contributed by atoms with Crippen LogP contribution in [0.1, 0.15) is 20.3 Å². The van der Waals surface area contributed by atoms with Crippen LogP contribution < -0.4 is 5.32 Å². The first kappa shape index (κ1) is 17.1. The molecule has 0 aromatic carbocycles. The van der Waals surface area contributed by atoms with Crippen molar-refractivity contribution >= 4 is 16.0 Å². The highest BCUT2D eigenvalue weighted by Crippen LogP contribution is 2.10. The van der Waals surface area contributed by atoms with Crippen molar-refractivity contribution in [2.24, 2.45) is 0 Å². The fourth-order valence-corrected chi connectivity index (χ4v) is 1.76. The van der Waals surface area contributed by atoms with Crippen LogP contribution in [0.15, 0.2) is 12.3 Å². The Balaban J connectivity index is 0.000000473. The predicted molar refractivity (Wildman–Crippen MR) is 68.6 cm³/mol. The molecule has 0 saturated heterocycles. The van der Waals surface area contributed by atoms with Gasteiger partial charge in [-0.1, -0.05) is 0 Å². The molecule has 0 aliphatic carbocycles. The largest absolute Gasteiger partial charge is 0.748 e. The van der Waals surface area contributed by atoms with Gasteiger partial charge in [-0.05, 0) is 13.8 Å². The van der Waals surface area contributed by atoms with Crippen LogP contribution in [0, 0.1) is 0 Å². The Kier molecular flexibility index (Phi) is 6.51. The first-order valence-electron chi connectivity index (χ1n) is 5.82. The first-order valence-corrected chi connectivity index (χ1v) is 7.39. The van der Waals surface area contributed by atoms with Gasteiger partial charge in [-0.3, -0.25) is 4.79 Å². The topological polar surface area (TPSA) is 86.3 Å². The lowest BCUT2D eigenvalue weighted by Crippen LogP contribution is -2.47. The zero-order valence-electron chi connectivity index (χ0n) is 11.3. The number of hydrogen-bond acceptors (Lipinski definition) is 4. The molecule has 1 heterocycles. The van der Waals surface area contributed by atoms with Crippen LogP contribution >= 0.6 is 0 Å². The molecule has 0 fully saturated rings. The molecule has 1 aliphatic heterocycles. The van der Waals surface area contributed by atoms with Crippen molar-refractivity contribution in [1.82, 2.24) is 5.32 Å². The number of quaternary nitrogens is 1. The molecule has 0 radical (unpaired) electrons. The normalized spacial score (nSPS) is 16.2. The molecule has 0 aromatic rings. The van der Waals surface area contributed by atoms with E-state index >= 15 is 0 Å². The minimum atomic E-state index is -4.05. The maximum absolute atomic E-state index is 10.4. The van der Waals surface area contributed by atoms with E-state index in [9.17, 15) is 17.8 Å². The van der Waals surface area contributed by atoms with Crippen LogP contribution in [-0.4, -0.2) is 55.8 Å². The van der Waals surface area contributed by atoms with E-state index in [0.717, 1.165) is 11.0 Å². The number of amides is 1. The van der Waals surface area contributed by atoms with E-state index in [2.05, 4.69) is 5.32 Å². The van der Waals surface area contributed by atoms with Gasteiger partial charge in [-0.25, -0.2) is 8.42 Å². The summed E-state index contributed by atoms with van der Waals surface area (Å²) in [6.45, 7) is 4.94. The van der Waals surface area contributed by atoms with Gasteiger partial charge in [0.2, 0.25) is 5.91 Å². The lowest BCUT2D eigenvalue weighted by atomic mass is 10.2. The third kappa shape index (κ3) is 7.41. The fourth-order valence-electron chi connectivity index (χ4n) is 1.13. The number of hydrogen-bond donors (Lipinski definition) is 1. The summed E-state index contributed by atoms with van der Waals surface area (Å²) in [4.78, 5) is 9.70. The van der Waals surface area contributed by atoms with Crippen LogP contribution in [0.4, 0.5) is 0 Å². The quantitative estimate of drug-likeness (QED) is 0.568. The summed E-state index contributed by atoms with van der Waals surface area (Å²) in [6, 6.07) is 0.203. The second kappa shape index (κ2) is 6.86. The van der Waals surface area contributed by atoms with Crippen molar-refractivity contribution in [1.29, 1.82) is 0 Å². The van der Waals surface area contributed by atoms with E-state index in [-0.39, 0.29) is 17.7 Å². The molecule has 0 saturated carbocycles. The molecular weight excluding hydrogens is 256 g/mol. The van der Waals surface area contributed by atoms with Crippen LogP contribution in [0.5, 0.6) is 0 Å². The van der Waals surface area contributed by atoms with Gasteiger partial charge >= 0.3 is 0 Å². The van der Waals surface area contributed by atoms with Gasteiger partial charge in [-0.2, -0.15) is 0 Å². The Morgan fingerprint density at radius 2 is 1.89 bits per heavy atom. The van der Waals surface area contributed by atoms with Crippen molar-refractivity contribution in [2.75, 3.05) is 26.4 Å². The molecule has 0 aromatic heterocycles. The summed E-state index contributed by atoms with van der Waals surface area (Å²) in [5.74, 6) is -0.249. The Bertz CT molecular complexity index is 401. The molecule has 1 rings (SSSR count). The summed E-state index contributed by atoms with van der Waals surface area (Å²) in [5.41, 5.74) is 0. The molecule has 1 atom stereocenters. The highest BCUT2D eigenvalue weighted by Gasteiger charge is 2.21. The average molecular weight is 278 g/mol. The SMILES string of the molecule is CC[N+](C)(C)C(C)CCS(=O)(=O)[O-].O=C1C=CN1. The smallest absolute Gasteiger partial charge is 0.249 e. The third-order valence-electron chi connectivity index (χ3n) is 3.25. The minimum Gasteiger partial charge on any atom is -0.748 e. The zero-order valence-corrected chi connectivity index (χ0v) is 12.2. The fraction of sp³-hybridized carbons (Fsp3) is 0.727. The van der Waals surface area contributed by atoms with Crippen molar-refractivity contribution in [3.05, 3.63) is 12.3 Å². The summed E-state index contributed by atoms with van der Waals surface area (Å²) in [6.07, 6.45) is 3.51. The van der Waals surface area contributed by atoms with Gasteiger partial charge in [0, 0.05) is 24.4 Å². The molecule has 106 valence electrons. The van der Waals surface area contributed by atoms with Gasteiger partial charge in [0.25, 0.3) is 0 Å². The Labute approximate surface area is 109 Å². The van der Waals surface area contributed by atoms with Gasteiger partial charge < -0.3 is 14.4 Å². The molecule has 7 heteroatoms. The summed E-state index contributed by atoms with van der Waals surface area (Å²) in [5, 5.41) is 2.39. The van der Waals surface area contributed by atoms with E-state index in [0.29, 0.717) is 6.42 Å². The highest BCUT2D eigenvalue weighted by atomic mass is 32.2. The standard InChI is InChI=1S/C8H19NO3S.C3H3NO/c1-5-9(3,4)8(2)6-7-13(10,11)12;5-3-1-2-4-3/h8H,5-7H2,1-4H3;1-2H,(H,4,5). The van der Waals surface area contributed by atoms with Crippen LogP contribution in [0.3, 0.4) is 0 Å². The number of carbonyl (C=O) groups is 1. The lowest BCUT2D eigenvalue weighted by molar-refractivity contribution is -0.911. The van der Waals surface area contributed by atoms with Gasteiger partial charge in [0.1, 0.15) is 0 Å². The van der Waals surface area contributed by atoms with Gasteiger partial charge in [-0.15, -0.1) is 0 Å². The van der Waals surface area contributed by atoms with E-state index in [4.69, 9.17) is 0 Å². The molecule has 1 N–H and O–H groups in total. The van der Waals surface area contributed by atoms with Crippen molar-refractivity contribution in [2.45, 2.75) is 26.3 Å². The van der Waals surface area contributed by atoms with Crippen LogP contribution in [0.2, 0.25) is 0 Å². The van der Waals surface area contributed by atoms with Crippen LogP contribution in [-0.2, 0) is 14.9 Å². The Morgan fingerprint density at radius 1 is 1.44 bits per heavy atom. The maximum atomic E-state index is 10.4. The number of nitrogens with one attached hydrogen (secondary N) is 1. The van der Waals surface area contributed by atoms with Gasteiger partial charge in [0.15, 0.2) is 0 Å². The van der Waals surface area contributed by atoms with E-state index < -0.39 is 10.1 Å². The van der Waals surface area contributed by atoms with E-state index in [1.165, 1.54) is 6.08 Å². The summed E-state index contributed by atoms with van der Waals surface area (Å²) in [7, 11) is 0.0120. The monoisotopic (exact) mass is 278 g/mol. The Morgan fingerprint density at radius 3 is 2.11 bits per heavy atom. The average Bonchev–Trinajstić information content (AvgIpc) is 2.22. The number of nitrogens with zero attached hydrogens (tertiary/aromatic N) is 1. The first-order chi connectivity index (χ1) is 8.08. The van der Waals surface area contributed by atoms with E-state index in [1.807, 2.05) is 27.9 Å². The van der Waals surface area contributed by atoms with E-state index in [1.54, 1.807) is 6.20 Å². The molecule has 1 unspecified atom stereocenters. The minimum absolute atomic E-state index is 0.00463. The van der Waals surface area contributed by atoms with Crippen LogP contribution in [0.25, 0.3) is 0 Å². The number of carbonyl (C=O) groups excluding carboxylic acids is 1. The van der Waals surface area contributed by atoms with Crippen molar-refractivity contribution < 1.29 is 22.2 Å². The summed E-state index contributed by atoms with van der Waals surface area (Å²) >= 11 is 0. The second-order valence-corrected chi connectivity index (χ2v) is 6.36. The molecule has 6 nitrogen and oxygen atoms in total. The molecule has 0 spiro atoms. The highest BCUT2D eigenvalue weighted by molar-refractivity contribution is 7.85. The maximum Gasteiger partial charge on any atom is 0.249 e. The summed E-state index contributed by atoms with van der Waals surface area (Å²) < 4.78 is 31.9. The second-order valence-electron chi connectivity index (χ2n) is 4.84. The third-order valence-corrected chi connectivity index (χ3v) is 3.99. The lowest BCUT2D eigenvalue weighted by Gasteiger charge is -2.35. The molecule has 1 aliphatic rings. The number of rotatable bonds is 5. The van der Waals surface area contributed by atoms with Crippen molar-refractivity contribution in [3.63, 3.8) is 0 Å². The Hall–Kier alpha value is -0.920. The van der Waals surface area contributed by atoms with Gasteiger partial charge in [0.05, 0.1) is 36.8 Å². The molecule has 1 amide bonds. The predicted octanol–water partition coefficient (Wildman–Crippen LogP) is 0.0364.